The van der Waals surface area contributed by atoms with Gasteiger partial charge in [-0.2, -0.15) is 15.1 Å². The van der Waals surface area contributed by atoms with Crippen LogP contribution in [0.1, 0.15) is 30.3 Å². The molecule has 0 amide bonds. The molecule has 0 spiro atoms. The highest BCUT2D eigenvalue weighted by Gasteiger charge is 2.32. The molecule has 35 heavy (non-hydrogen) atoms. The third-order valence-corrected chi connectivity index (χ3v) is 5.98. The Hall–Kier alpha value is -3.99. The Bertz CT molecular complexity index is 1260. The molecule has 0 bridgehead atoms. The fraction of sp³-hybridized carbons (Fsp3) is 0.375. The van der Waals surface area contributed by atoms with Crippen LogP contribution in [0.4, 0.5) is 23.4 Å². The van der Waals surface area contributed by atoms with Crippen molar-refractivity contribution < 1.29 is 9.26 Å². The van der Waals surface area contributed by atoms with E-state index in [0.29, 0.717) is 30.7 Å². The summed E-state index contributed by atoms with van der Waals surface area (Å²) in [5.41, 5.74) is 2.47. The Morgan fingerprint density at radius 2 is 2.11 bits per heavy atom. The molecule has 5 heterocycles. The van der Waals surface area contributed by atoms with Crippen molar-refractivity contribution in [2.24, 2.45) is 0 Å². The number of nitrogens with one attached hydrogen (secondary N) is 2. The lowest BCUT2D eigenvalue weighted by Crippen LogP contribution is -2.27. The average molecular weight is 476 g/mol. The number of ether oxygens (including phenoxy) is 1. The molecule has 4 aromatic heterocycles. The van der Waals surface area contributed by atoms with Crippen LogP contribution >= 0.6 is 0 Å². The molecule has 0 radical (unpaired) electrons. The predicted molar refractivity (Wildman–Crippen MR) is 133 cm³/mol. The van der Waals surface area contributed by atoms with Crippen LogP contribution in [0, 0.1) is 6.92 Å². The van der Waals surface area contributed by atoms with E-state index < -0.39 is 0 Å². The second-order valence-electron chi connectivity index (χ2n) is 8.57. The van der Waals surface area contributed by atoms with Crippen molar-refractivity contribution in [3.8, 4) is 11.4 Å². The van der Waals surface area contributed by atoms with Crippen molar-refractivity contribution in [2.75, 3.05) is 49.0 Å². The van der Waals surface area contributed by atoms with Crippen molar-refractivity contribution in [3.05, 3.63) is 54.0 Å². The summed E-state index contributed by atoms with van der Waals surface area (Å²) in [4.78, 5) is 18.3. The molecule has 5 rings (SSSR count). The summed E-state index contributed by atoms with van der Waals surface area (Å²) in [6.45, 7) is 4.07. The van der Waals surface area contributed by atoms with Gasteiger partial charge in [-0.1, -0.05) is 11.2 Å². The molecule has 0 saturated carbocycles. The summed E-state index contributed by atoms with van der Waals surface area (Å²) in [5, 5.41) is 14.8. The van der Waals surface area contributed by atoms with E-state index in [1.54, 1.807) is 13.3 Å². The average Bonchev–Trinajstić information content (AvgIpc) is 3.63. The number of nitrogens with zero attached hydrogens (tertiary/aromatic N) is 7. The van der Waals surface area contributed by atoms with Gasteiger partial charge < -0.3 is 24.4 Å². The zero-order valence-corrected chi connectivity index (χ0v) is 20.1. The standard InChI is InChI=1S/C24H29N9O2/c1-16-13-22(30-29-16)26-21-15-23(32(2)11-12-34-3)28-24(27-21)33-10-6-8-19(33)20-14-18(31-35-20)17-7-4-5-9-25-17/h4-5,7,9,13-15,19H,6,8,10-12H2,1-3H3,(H2,26,27,28,29,30)/t19-/m0/s1. The highest BCUT2D eigenvalue weighted by atomic mass is 16.5. The minimum atomic E-state index is -0.0139. The van der Waals surface area contributed by atoms with Crippen LogP contribution in [0.25, 0.3) is 11.4 Å². The molecule has 1 atom stereocenters. The minimum absolute atomic E-state index is 0.0139. The summed E-state index contributed by atoms with van der Waals surface area (Å²) >= 11 is 0. The van der Waals surface area contributed by atoms with Crippen molar-refractivity contribution in [2.45, 2.75) is 25.8 Å². The number of H-pyrrole nitrogens is 1. The van der Waals surface area contributed by atoms with E-state index in [2.05, 4.69) is 30.6 Å². The molecule has 0 aliphatic carbocycles. The maximum atomic E-state index is 5.77. The summed E-state index contributed by atoms with van der Waals surface area (Å²) in [5.74, 6) is 3.56. The maximum Gasteiger partial charge on any atom is 0.229 e. The number of likely N-dealkylation sites (N-methyl/N-ethyl adjacent to an activating group) is 1. The fourth-order valence-electron chi connectivity index (χ4n) is 4.15. The second-order valence-corrected chi connectivity index (χ2v) is 8.57. The van der Waals surface area contributed by atoms with Gasteiger partial charge in [0.05, 0.1) is 18.3 Å². The zero-order valence-electron chi connectivity index (χ0n) is 20.1. The third kappa shape index (κ3) is 5.09. The van der Waals surface area contributed by atoms with Crippen LogP contribution < -0.4 is 15.1 Å². The highest BCUT2D eigenvalue weighted by molar-refractivity contribution is 5.60. The van der Waals surface area contributed by atoms with Gasteiger partial charge in [0.25, 0.3) is 0 Å². The van der Waals surface area contributed by atoms with Crippen LogP contribution in [-0.2, 0) is 4.74 Å². The number of rotatable bonds is 9. The molecule has 1 saturated heterocycles. The highest BCUT2D eigenvalue weighted by Crippen LogP contribution is 2.37. The topological polar surface area (TPSA) is 121 Å². The van der Waals surface area contributed by atoms with Crippen LogP contribution in [0.3, 0.4) is 0 Å². The second kappa shape index (κ2) is 10.1. The predicted octanol–water partition coefficient (Wildman–Crippen LogP) is 3.73. The van der Waals surface area contributed by atoms with Gasteiger partial charge in [0, 0.05) is 57.3 Å². The molecular formula is C24H29N9O2. The monoisotopic (exact) mass is 475 g/mol. The summed E-state index contributed by atoms with van der Waals surface area (Å²) in [7, 11) is 3.68. The smallest absolute Gasteiger partial charge is 0.229 e. The number of anilines is 4. The number of pyridine rings is 1. The van der Waals surface area contributed by atoms with E-state index in [4.69, 9.17) is 19.2 Å². The quantitative estimate of drug-likeness (QED) is 0.370. The Morgan fingerprint density at radius 3 is 2.89 bits per heavy atom. The summed E-state index contributed by atoms with van der Waals surface area (Å²) < 4.78 is 11.0. The molecule has 0 unspecified atom stereocenters. The first-order chi connectivity index (χ1) is 17.1. The van der Waals surface area contributed by atoms with E-state index >= 15 is 0 Å². The summed E-state index contributed by atoms with van der Waals surface area (Å²) in [6, 6.07) is 11.5. The Labute approximate surface area is 203 Å². The molecule has 1 aliphatic rings. The number of methoxy groups -OCH3 is 1. The largest absolute Gasteiger partial charge is 0.383 e. The van der Waals surface area contributed by atoms with Gasteiger partial charge in [-0.15, -0.1) is 0 Å². The Morgan fingerprint density at radius 1 is 1.20 bits per heavy atom. The fourth-order valence-corrected chi connectivity index (χ4v) is 4.15. The molecule has 11 nitrogen and oxygen atoms in total. The SMILES string of the molecule is COCCN(C)c1cc(Nc2cc(C)[nH]n2)nc(N2CCC[C@H]2c2cc(-c3ccccn3)no2)n1. The first-order valence-corrected chi connectivity index (χ1v) is 11.6. The Balaban J connectivity index is 1.45. The van der Waals surface area contributed by atoms with E-state index in [1.807, 2.05) is 55.3 Å². The molecule has 182 valence electrons. The van der Waals surface area contributed by atoms with E-state index in [-0.39, 0.29) is 6.04 Å². The summed E-state index contributed by atoms with van der Waals surface area (Å²) in [6.07, 6.45) is 3.67. The first-order valence-electron chi connectivity index (χ1n) is 11.6. The first kappa shape index (κ1) is 22.8. The van der Waals surface area contributed by atoms with Crippen molar-refractivity contribution >= 4 is 23.4 Å². The minimum Gasteiger partial charge on any atom is -0.383 e. The number of hydrogen-bond acceptors (Lipinski definition) is 10. The molecular weight excluding hydrogens is 446 g/mol. The number of aromatic nitrogens is 6. The lowest BCUT2D eigenvalue weighted by atomic mass is 10.1. The normalized spacial score (nSPS) is 15.5. The molecule has 1 aliphatic heterocycles. The van der Waals surface area contributed by atoms with E-state index in [0.717, 1.165) is 48.0 Å². The molecule has 1 fully saturated rings. The maximum absolute atomic E-state index is 5.77. The van der Waals surface area contributed by atoms with E-state index in [9.17, 15) is 0 Å². The molecule has 4 aromatic rings. The lowest BCUT2D eigenvalue weighted by molar-refractivity contribution is 0.206. The zero-order chi connectivity index (χ0) is 24.2. The van der Waals surface area contributed by atoms with Gasteiger partial charge in [-0.3, -0.25) is 10.1 Å². The Kier molecular flexibility index (Phi) is 6.57. The van der Waals surface area contributed by atoms with Crippen molar-refractivity contribution in [3.63, 3.8) is 0 Å². The van der Waals surface area contributed by atoms with Gasteiger partial charge in [0.15, 0.2) is 11.6 Å². The van der Waals surface area contributed by atoms with Gasteiger partial charge in [-0.05, 0) is 31.9 Å². The third-order valence-electron chi connectivity index (χ3n) is 5.98. The van der Waals surface area contributed by atoms with E-state index in [1.165, 1.54) is 0 Å². The van der Waals surface area contributed by atoms with Gasteiger partial charge in [-0.25, -0.2) is 0 Å². The molecule has 0 aromatic carbocycles. The van der Waals surface area contributed by atoms with Gasteiger partial charge in [0.1, 0.15) is 17.3 Å². The van der Waals surface area contributed by atoms with Crippen LogP contribution in [0.2, 0.25) is 0 Å². The van der Waals surface area contributed by atoms with Crippen LogP contribution in [0.15, 0.2) is 47.1 Å². The number of aromatic amines is 1. The number of aryl methyl sites for hydroxylation is 1. The van der Waals surface area contributed by atoms with Gasteiger partial charge in [0.2, 0.25) is 5.95 Å². The van der Waals surface area contributed by atoms with Crippen LogP contribution in [0.5, 0.6) is 0 Å². The van der Waals surface area contributed by atoms with Gasteiger partial charge >= 0.3 is 0 Å². The number of hydrogen-bond donors (Lipinski definition) is 2. The van der Waals surface area contributed by atoms with Crippen molar-refractivity contribution in [1.82, 2.24) is 30.3 Å². The molecule has 11 heteroatoms. The van der Waals surface area contributed by atoms with Crippen molar-refractivity contribution in [1.29, 1.82) is 0 Å². The van der Waals surface area contributed by atoms with Crippen LogP contribution in [-0.4, -0.2) is 64.2 Å². The molecule has 2 N–H and O–H groups in total. The lowest BCUT2D eigenvalue weighted by Gasteiger charge is -2.25.